The summed E-state index contributed by atoms with van der Waals surface area (Å²) in [5.74, 6) is 0. The lowest BCUT2D eigenvalue weighted by atomic mass is 10.1. The Hall–Kier alpha value is -0.120. The van der Waals surface area contributed by atoms with E-state index in [1.54, 1.807) is 0 Å². The van der Waals surface area contributed by atoms with Crippen molar-refractivity contribution in [2.45, 2.75) is 38.5 Å². The summed E-state index contributed by atoms with van der Waals surface area (Å²) in [6.45, 7) is 7.02. The minimum absolute atomic E-state index is 0.841. The average molecular weight is 213 g/mol. The molecule has 1 aliphatic heterocycles. The van der Waals surface area contributed by atoms with Crippen molar-refractivity contribution in [2.75, 3.05) is 39.3 Å². The van der Waals surface area contributed by atoms with Crippen LogP contribution in [-0.4, -0.2) is 44.2 Å². The van der Waals surface area contributed by atoms with Crippen LogP contribution in [-0.2, 0) is 0 Å². The second-order valence-corrected chi connectivity index (χ2v) is 4.50. The largest absolute Gasteiger partial charge is 0.330 e. The summed E-state index contributed by atoms with van der Waals surface area (Å²) in [5.41, 5.74) is 5.44. The van der Waals surface area contributed by atoms with Crippen molar-refractivity contribution in [3.05, 3.63) is 0 Å². The molecule has 0 aliphatic carbocycles. The van der Waals surface area contributed by atoms with Crippen molar-refractivity contribution >= 4 is 0 Å². The molecule has 0 unspecified atom stereocenters. The van der Waals surface area contributed by atoms with Gasteiger partial charge in [0.25, 0.3) is 0 Å². The Morgan fingerprint density at radius 2 is 1.73 bits per heavy atom. The highest BCUT2D eigenvalue weighted by atomic mass is 15.1. The van der Waals surface area contributed by atoms with E-state index in [-0.39, 0.29) is 0 Å². The van der Waals surface area contributed by atoms with Crippen molar-refractivity contribution in [1.29, 1.82) is 0 Å². The molecule has 0 aromatic rings. The van der Waals surface area contributed by atoms with Crippen molar-refractivity contribution in [3.8, 4) is 0 Å². The molecule has 1 aliphatic rings. The molecule has 3 N–H and O–H groups in total. The summed E-state index contributed by atoms with van der Waals surface area (Å²) in [7, 11) is 0. The molecule has 3 nitrogen and oxygen atoms in total. The Kier molecular flexibility index (Phi) is 7.88. The normalized spacial score (nSPS) is 18.2. The number of nitrogens with one attached hydrogen (secondary N) is 1. The molecule has 1 heterocycles. The van der Waals surface area contributed by atoms with Crippen molar-refractivity contribution < 1.29 is 0 Å². The van der Waals surface area contributed by atoms with Gasteiger partial charge in [0, 0.05) is 13.1 Å². The Bertz CT molecular complexity index is 133. The number of rotatable bonds is 8. The maximum atomic E-state index is 5.44. The van der Waals surface area contributed by atoms with Crippen LogP contribution in [0.15, 0.2) is 0 Å². The van der Waals surface area contributed by atoms with Crippen molar-refractivity contribution in [1.82, 2.24) is 10.2 Å². The first kappa shape index (κ1) is 12.9. The van der Waals surface area contributed by atoms with Gasteiger partial charge in [0.1, 0.15) is 0 Å². The maximum Gasteiger partial charge on any atom is 0.0107 e. The summed E-state index contributed by atoms with van der Waals surface area (Å²) in [6, 6.07) is 0. The minimum Gasteiger partial charge on any atom is -0.330 e. The van der Waals surface area contributed by atoms with E-state index in [2.05, 4.69) is 10.2 Å². The highest BCUT2D eigenvalue weighted by Gasteiger charge is 2.08. The van der Waals surface area contributed by atoms with Crippen LogP contribution in [0.3, 0.4) is 0 Å². The number of hydrogen-bond acceptors (Lipinski definition) is 3. The maximum absolute atomic E-state index is 5.44. The van der Waals surface area contributed by atoms with Crippen LogP contribution >= 0.6 is 0 Å². The molecule has 0 radical (unpaired) electrons. The summed E-state index contributed by atoms with van der Waals surface area (Å²) in [5, 5.41) is 3.51. The van der Waals surface area contributed by atoms with Gasteiger partial charge in [0.2, 0.25) is 0 Å². The van der Waals surface area contributed by atoms with E-state index in [4.69, 9.17) is 5.73 Å². The highest BCUT2D eigenvalue weighted by molar-refractivity contribution is 4.65. The molecular formula is C12H27N3. The monoisotopic (exact) mass is 213 g/mol. The van der Waals surface area contributed by atoms with E-state index in [0.29, 0.717) is 0 Å². The minimum atomic E-state index is 0.841. The number of nitrogens with two attached hydrogens (primary N) is 1. The standard InChI is InChI=1S/C12H27N3/c13-7-3-1-4-8-14-9-12-15-10-5-2-6-11-15/h14H,1-13H2. The van der Waals surface area contributed by atoms with Gasteiger partial charge in [0.05, 0.1) is 0 Å². The molecule has 1 fully saturated rings. The number of nitrogens with zero attached hydrogens (tertiary/aromatic N) is 1. The van der Waals surface area contributed by atoms with Gasteiger partial charge in [-0.2, -0.15) is 0 Å². The molecule has 0 aromatic heterocycles. The lowest BCUT2D eigenvalue weighted by Crippen LogP contribution is -2.36. The quantitative estimate of drug-likeness (QED) is 0.595. The number of piperidine rings is 1. The summed E-state index contributed by atoms with van der Waals surface area (Å²) in [6.07, 6.45) is 7.95. The van der Waals surface area contributed by atoms with Crippen molar-refractivity contribution in [3.63, 3.8) is 0 Å². The average Bonchev–Trinajstić information content (AvgIpc) is 2.29. The van der Waals surface area contributed by atoms with Crippen LogP contribution in [0, 0.1) is 0 Å². The second kappa shape index (κ2) is 9.13. The lowest BCUT2D eigenvalue weighted by molar-refractivity contribution is 0.229. The van der Waals surface area contributed by atoms with Crippen LogP contribution < -0.4 is 11.1 Å². The van der Waals surface area contributed by atoms with Crippen LogP contribution in [0.2, 0.25) is 0 Å². The molecule has 1 saturated heterocycles. The van der Waals surface area contributed by atoms with Gasteiger partial charge >= 0.3 is 0 Å². The van der Waals surface area contributed by atoms with Gasteiger partial charge in [0.15, 0.2) is 0 Å². The Morgan fingerprint density at radius 3 is 2.47 bits per heavy atom. The molecule has 0 amide bonds. The predicted molar refractivity (Wildman–Crippen MR) is 66.1 cm³/mol. The topological polar surface area (TPSA) is 41.3 Å². The van der Waals surface area contributed by atoms with E-state index >= 15 is 0 Å². The molecule has 0 atom stereocenters. The highest BCUT2D eigenvalue weighted by Crippen LogP contribution is 2.07. The zero-order chi connectivity index (χ0) is 10.8. The zero-order valence-electron chi connectivity index (χ0n) is 10.0. The van der Waals surface area contributed by atoms with Crippen LogP contribution in [0.5, 0.6) is 0 Å². The van der Waals surface area contributed by atoms with Gasteiger partial charge in [-0.25, -0.2) is 0 Å². The summed E-state index contributed by atoms with van der Waals surface area (Å²) >= 11 is 0. The molecule has 3 heteroatoms. The third-order valence-corrected chi connectivity index (χ3v) is 3.11. The Balaban J connectivity index is 1.79. The van der Waals surface area contributed by atoms with E-state index in [0.717, 1.165) is 19.6 Å². The molecule has 0 bridgehead atoms. The lowest BCUT2D eigenvalue weighted by Gasteiger charge is -2.26. The Morgan fingerprint density at radius 1 is 0.933 bits per heavy atom. The van der Waals surface area contributed by atoms with Gasteiger partial charge in [-0.15, -0.1) is 0 Å². The molecule has 90 valence electrons. The zero-order valence-corrected chi connectivity index (χ0v) is 10.0. The molecule has 0 spiro atoms. The fourth-order valence-corrected chi connectivity index (χ4v) is 2.12. The molecule has 0 saturated carbocycles. The second-order valence-electron chi connectivity index (χ2n) is 4.50. The van der Waals surface area contributed by atoms with E-state index < -0.39 is 0 Å². The van der Waals surface area contributed by atoms with Gasteiger partial charge in [-0.1, -0.05) is 12.8 Å². The Labute approximate surface area is 94.4 Å². The van der Waals surface area contributed by atoms with Gasteiger partial charge < -0.3 is 16.0 Å². The van der Waals surface area contributed by atoms with Crippen LogP contribution in [0.25, 0.3) is 0 Å². The van der Waals surface area contributed by atoms with Gasteiger partial charge in [-0.3, -0.25) is 0 Å². The smallest absolute Gasteiger partial charge is 0.0107 e. The summed E-state index contributed by atoms with van der Waals surface area (Å²) < 4.78 is 0. The van der Waals surface area contributed by atoms with E-state index in [1.165, 1.54) is 58.2 Å². The number of likely N-dealkylation sites (tertiary alicyclic amines) is 1. The predicted octanol–water partition coefficient (Wildman–Crippen LogP) is 1.19. The fraction of sp³-hybridized carbons (Fsp3) is 1.00. The number of unbranched alkanes of at least 4 members (excludes halogenated alkanes) is 2. The third kappa shape index (κ3) is 6.88. The number of hydrogen-bond donors (Lipinski definition) is 2. The first-order valence-corrected chi connectivity index (χ1v) is 6.56. The SMILES string of the molecule is NCCCCCNCCN1CCCCC1. The van der Waals surface area contributed by atoms with Crippen LogP contribution in [0.4, 0.5) is 0 Å². The first-order chi connectivity index (χ1) is 7.43. The molecule has 15 heavy (non-hydrogen) atoms. The van der Waals surface area contributed by atoms with E-state index in [1.807, 2.05) is 0 Å². The van der Waals surface area contributed by atoms with Gasteiger partial charge in [-0.05, 0) is 51.9 Å². The molecular weight excluding hydrogens is 186 g/mol. The van der Waals surface area contributed by atoms with E-state index in [9.17, 15) is 0 Å². The molecule has 1 rings (SSSR count). The fourth-order valence-electron chi connectivity index (χ4n) is 2.12. The van der Waals surface area contributed by atoms with Crippen LogP contribution in [0.1, 0.15) is 38.5 Å². The molecule has 0 aromatic carbocycles. The summed E-state index contributed by atoms with van der Waals surface area (Å²) in [4.78, 5) is 2.58. The van der Waals surface area contributed by atoms with Crippen molar-refractivity contribution in [2.24, 2.45) is 5.73 Å². The third-order valence-electron chi connectivity index (χ3n) is 3.11. The first-order valence-electron chi connectivity index (χ1n) is 6.56.